The second-order valence-electron chi connectivity index (χ2n) is 13.4. The van der Waals surface area contributed by atoms with Crippen LogP contribution < -0.4 is 0 Å². The smallest absolute Gasteiger partial charge is 0.200 e. The molecular weight excluding hydrogens is 496 g/mol. The van der Waals surface area contributed by atoms with Crippen molar-refractivity contribution in [3.8, 4) is 0 Å². The molecule has 3 aliphatic rings. The summed E-state index contributed by atoms with van der Waals surface area (Å²) in [6.07, 6.45) is 0.652. The van der Waals surface area contributed by atoms with E-state index in [0.29, 0.717) is 23.2 Å². The van der Waals surface area contributed by atoms with Crippen molar-refractivity contribution < 1.29 is 28.2 Å². The van der Waals surface area contributed by atoms with Gasteiger partial charge in [-0.3, -0.25) is 4.79 Å². The molecule has 7 atom stereocenters. The minimum Gasteiger partial charge on any atom is -0.410 e. The Labute approximate surface area is 230 Å². The molecule has 0 spiro atoms. The van der Waals surface area contributed by atoms with Crippen LogP contribution in [0.25, 0.3) is 0 Å². The number of hydrogen-bond donors (Lipinski definition) is 0. The first-order chi connectivity index (χ1) is 17.8. The number of carbonyl (C=O) groups is 2. The van der Waals surface area contributed by atoms with E-state index in [1.165, 1.54) is 0 Å². The van der Waals surface area contributed by atoms with E-state index in [1.54, 1.807) is 6.92 Å². The minimum atomic E-state index is -2.34. The highest BCUT2D eigenvalue weighted by molar-refractivity contribution is 6.77. The van der Waals surface area contributed by atoms with Crippen molar-refractivity contribution in [3.63, 3.8) is 0 Å². The van der Waals surface area contributed by atoms with Gasteiger partial charge in [0.15, 0.2) is 6.29 Å². The summed E-state index contributed by atoms with van der Waals surface area (Å²) in [6, 6.07) is 10.0. The molecule has 1 heterocycles. The third kappa shape index (κ3) is 4.56. The second-order valence-corrected chi connectivity index (χ2v) is 18.8. The summed E-state index contributed by atoms with van der Waals surface area (Å²) in [5.74, 6) is -0.519. The molecule has 1 aromatic rings. The molecule has 0 amide bonds. The zero-order valence-corrected chi connectivity index (χ0v) is 25.7. The van der Waals surface area contributed by atoms with Crippen LogP contribution in [0.15, 0.2) is 30.3 Å². The SMILES string of the molecule is CC(=O)[C@H]1[C@H]2O[C@@]3(C=O)[C@H](CC3(C)C)[C@H]2[C@@H](OCOCc2ccccc2)[C@@H]1O[Si](C(C)C)(C(C)C)C(C)C. The highest BCUT2D eigenvalue weighted by Gasteiger charge is 2.76. The van der Waals surface area contributed by atoms with Gasteiger partial charge in [0.05, 0.1) is 30.8 Å². The maximum atomic E-state index is 13.3. The van der Waals surface area contributed by atoms with Crippen LogP contribution in [-0.4, -0.2) is 51.1 Å². The lowest BCUT2D eigenvalue weighted by atomic mass is 9.50. The summed E-state index contributed by atoms with van der Waals surface area (Å²) >= 11 is 0. The molecule has 38 heavy (non-hydrogen) atoms. The molecule has 7 heteroatoms. The van der Waals surface area contributed by atoms with Crippen LogP contribution in [0.5, 0.6) is 0 Å². The highest BCUT2D eigenvalue weighted by Crippen LogP contribution is 2.67. The van der Waals surface area contributed by atoms with Gasteiger partial charge in [-0.25, -0.2) is 0 Å². The molecule has 4 rings (SSSR count). The third-order valence-electron chi connectivity index (χ3n) is 10.1. The Bertz CT molecular complexity index is 970. The van der Waals surface area contributed by atoms with Gasteiger partial charge >= 0.3 is 0 Å². The van der Waals surface area contributed by atoms with Gasteiger partial charge in [-0.2, -0.15) is 0 Å². The number of aldehydes is 1. The van der Waals surface area contributed by atoms with E-state index in [-0.39, 0.29) is 35.9 Å². The Kier molecular flexibility index (Phi) is 8.48. The lowest BCUT2D eigenvalue weighted by Crippen LogP contribution is -2.64. The van der Waals surface area contributed by atoms with Crippen LogP contribution in [0.3, 0.4) is 0 Å². The number of benzene rings is 1. The van der Waals surface area contributed by atoms with E-state index in [1.807, 2.05) is 30.3 Å². The van der Waals surface area contributed by atoms with Crippen molar-refractivity contribution >= 4 is 20.4 Å². The third-order valence-corrected chi connectivity index (χ3v) is 16.2. The molecule has 0 bridgehead atoms. The maximum Gasteiger partial charge on any atom is 0.200 e. The predicted octanol–water partition coefficient (Wildman–Crippen LogP) is 6.32. The summed E-state index contributed by atoms with van der Waals surface area (Å²) in [6.45, 7) is 19.9. The van der Waals surface area contributed by atoms with Crippen molar-refractivity contribution in [2.45, 2.75) is 116 Å². The Morgan fingerprint density at radius 1 is 1.05 bits per heavy atom. The summed E-state index contributed by atoms with van der Waals surface area (Å²) < 4.78 is 26.5. The van der Waals surface area contributed by atoms with Gasteiger partial charge < -0.3 is 23.4 Å². The molecular formula is C31H48O6Si. The summed E-state index contributed by atoms with van der Waals surface area (Å²) in [5, 5.41) is 0. The Morgan fingerprint density at radius 2 is 1.66 bits per heavy atom. The zero-order chi connectivity index (χ0) is 28.0. The maximum absolute atomic E-state index is 13.3. The van der Waals surface area contributed by atoms with Crippen LogP contribution in [0.2, 0.25) is 16.6 Å². The van der Waals surface area contributed by atoms with Gasteiger partial charge in [-0.05, 0) is 35.5 Å². The van der Waals surface area contributed by atoms with Crippen molar-refractivity contribution in [3.05, 3.63) is 35.9 Å². The molecule has 3 fully saturated rings. The molecule has 1 saturated heterocycles. The first-order valence-electron chi connectivity index (χ1n) is 14.4. The molecule has 2 aliphatic carbocycles. The van der Waals surface area contributed by atoms with E-state index >= 15 is 0 Å². The van der Waals surface area contributed by atoms with Crippen molar-refractivity contribution in [2.24, 2.45) is 23.2 Å². The number of carbonyl (C=O) groups excluding carboxylic acids is 2. The van der Waals surface area contributed by atoms with Gasteiger partial charge in [0.25, 0.3) is 0 Å². The van der Waals surface area contributed by atoms with Crippen LogP contribution in [0.1, 0.15) is 74.3 Å². The Balaban J connectivity index is 1.67. The highest BCUT2D eigenvalue weighted by atomic mass is 28.4. The monoisotopic (exact) mass is 544 g/mol. The molecule has 0 N–H and O–H groups in total. The van der Waals surface area contributed by atoms with Gasteiger partial charge in [0.2, 0.25) is 8.32 Å². The van der Waals surface area contributed by atoms with Gasteiger partial charge in [-0.1, -0.05) is 85.7 Å². The Hall–Kier alpha value is -1.38. The Morgan fingerprint density at radius 3 is 2.16 bits per heavy atom. The molecule has 0 unspecified atom stereocenters. The number of Topliss-reactive ketones (excluding diaryl/α,β-unsaturated/α-hetero) is 1. The quantitative estimate of drug-likeness (QED) is 0.133. The number of ether oxygens (including phenoxy) is 3. The average molecular weight is 545 g/mol. The van der Waals surface area contributed by atoms with Crippen molar-refractivity contribution in [1.82, 2.24) is 0 Å². The summed E-state index contributed by atoms with van der Waals surface area (Å²) in [4.78, 5) is 25.8. The van der Waals surface area contributed by atoms with E-state index in [9.17, 15) is 9.59 Å². The fourth-order valence-corrected chi connectivity index (χ4v) is 13.9. The number of fused-ring (bicyclic) bond motifs is 3. The first kappa shape index (κ1) is 29.6. The van der Waals surface area contributed by atoms with Crippen LogP contribution in [0, 0.1) is 23.2 Å². The first-order valence-corrected chi connectivity index (χ1v) is 16.5. The summed E-state index contributed by atoms with van der Waals surface area (Å²) in [5.41, 5.74) is 1.01. The fraction of sp³-hybridized carbons (Fsp3) is 0.742. The van der Waals surface area contributed by atoms with E-state index in [2.05, 4.69) is 55.4 Å². The van der Waals surface area contributed by atoms with E-state index in [0.717, 1.165) is 18.3 Å². The van der Waals surface area contributed by atoms with Crippen LogP contribution in [-0.2, 0) is 34.8 Å². The van der Waals surface area contributed by atoms with Gasteiger partial charge in [-0.15, -0.1) is 0 Å². The van der Waals surface area contributed by atoms with Crippen LogP contribution in [0.4, 0.5) is 0 Å². The molecule has 212 valence electrons. The number of ketones is 1. The number of rotatable bonds is 12. The largest absolute Gasteiger partial charge is 0.410 e. The number of hydrogen-bond acceptors (Lipinski definition) is 6. The van der Waals surface area contributed by atoms with E-state index < -0.39 is 32.0 Å². The van der Waals surface area contributed by atoms with E-state index in [4.69, 9.17) is 18.6 Å². The molecule has 1 aliphatic heterocycles. The summed E-state index contributed by atoms with van der Waals surface area (Å²) in [7, 11) is -2.34. The molecule has 1 aromatic carbocycles. The molecule has 2 saturated carbocycles. The predicted molar refractivity (Wildman–Crippen MR) is 150 cm³/mol. The standard InChI is InChI=1S/C31H48O6Si/c1-19(2)38(20(3)4,21(5)6)37-29-25(22(7)33)27-26(24-15-30(8,9)31(24,17-32)36-27)28(29)35-18-34-16-23-13-11-10-12-14-23/h10-14,17,19-21,24-29H,15-16,18H2,1-9H3/t24-,25+,26-,27-,28-,29-,31+/m1/s1. The fourth-order valence-electron chi connectivity index (χ4n) is 8.36. The molecule has 0 aromatic heterocycles. The van der Waals surface area contributed by atoms with Crippen molar-refractivity contribution in [1.29, 1.82) is 0 Å². The van der Waals surface area contributed by atoms with Gasteiger partial charge in [0.1, 0.15) is 18.2 Å². The average Bonchev–Trinajstić information content (AvgIpc) is 3.28. The lowest BCUT2D eigenvalue weighted by molar-refractivity contribution is -0.207. The zero-order valence-electron chi connectivity index (χ0n) is 24.7. The molecule has 0 radical (unpaired) electrons. The van der Waals surface area contributed by atoms with Crippen molar-refractivity contribution in [2.75, 3.05) is 6.79 Å². The minimum absolute atomic E-state index is 0.00258. The lowest BCUT2D eigenvalue weighted by Gasteiger charge is -2.56. The topological polar surface area (TPSA) is 71.1 Å². The van der Waals surface area contributed by atoms with Crippen LogP contribution >= 0.6 is 0 Å². The van der Waals surface area contributed by atoms with Gasteiger partial charge in [0, 0.05) is 17.3 Å². The normalized spacial score (nSPS) is 33.9. The second kappa shape index (κ2) is 10.9. The molecule has 6 nitrogen and oxygen atoms in total.